The van der Waals surface area contributed by atoms with Gasteiger partial charge in [0.2, 0.25) is 5.91 Å². The molecular formula is C31H35BrCl2N6O4S. The van der Waals surface area contributed by atoms with Crippen molar-refractivity contribution in [2.45, 2.75) is 19.8 Å². The van der Waals surface area contributed by atoms with Crippen molar-refractivity contribution in [3.8, 4) is 23.8 Å². The van der Waals surface area contributed by atoms with Crippen LogP contribution in [0.25, 0.3) is 0 Å². The largest absolute Gasteiger partial charge is 0.494 e. The summed E-state index contributed by atoms with van der Waals surface area (Å²) in [4.78, 5) is 39.4. The van der Waals surface area contributed by atoms with Gasteiger partial charge in [-0.25, -0.2) is 0 Å². The molecule has 14 heteroatoms. The molecule has 0 bridgehead atoms. The van der Waals surface area contributed by atoms with Crippen molar-refractivity contribution < 1.29 is 19.1 Å². The molecule has 3 rings (SSSR count). The zero-order valence-corrected chi connectivity index (χ0v) is 29.4. The van der Waals surface area contributed by atoms with Crippen LogP contribution in [0.15, 0.2) is 43.8 Å². The minimum absolute atomic E-state index is 0.0844. The number of carbonyl (C=O) groups is 2. The first-order valence-electron chi connectivity index (χ1n) is 13.9. The number of anilines is 1. The lowest BCUT2D eigenvalue weighted by Crippen LogP contribution is -2.48. The van der Waals surface area contributed by atoms with Crippen molar-refractivity contribution in [2.24, 2.45) is 9.98 Å². The second kappa shape index (κ2) is 17.4. The lowest BCUT2D eigenvalue weighted by molar-refractivity contribution is -0.132. The molecule has 0 saturated carbocycles. The van der Waals surface area contributed by atoms with Crippen molar-refractivity contribution in [1.29, 1.82) is 0 Å². The molecule has 2 aromatic rings. The third-order valence-corrected chi connectivity index (χ3v) is 9.40. The number of terminal acetylenes is 1. The molecule has 1 aromatic heterocycles. The number of carbonyl (C=O) groups excluding carboxylic acids is 2. The number of aliphatic imine (C=N–C) groups is 2. The number of thiophene rings is 1. The SMILES string of the molecule is C#C/C=C(\C=C/CCC(=O)N1CCN(CC)CC1)N/C(=N/C)c1scc(C(=O)Nc2c(Cl)c(OC)c(Br)c(OC)c2Cl)c1N=C. The van der Waals surface area contributed by atoms with Gasteiger partial charge in [0.25, 0.3) is 5.91 Å². The van der Waals surface area contributed by atoms with Crippen LogP contribution in [0.4, 0.5) is 11.4 Å². The Labute approximate surface area is 286 Å². The van der Waals surface area contributed by atoms with Gasteiger partial charge in [-0.3, -0.25) is 19.6 Å². The zero-order chi connectivity index (χ0) is 33.1. The predicted molar refractivity (Wildman–Crippen MR) is 188 cm³/mol. The van der Waals surface area contributed by atoms with Gasteiger partial charge in [-0.2, -0.15) is 0 Å². The van der Waals surface area contributed by atoms with Gasteiger partial charge in [0, 0.05) is 56.8 Å². The molecule has 2 amide bonds. The number of hydrogen-bond donors (Lipinski definition) is 2. The lowest BCUT2D eigenvalue weighted by Gasteiger charge is -2.34. The number of ether oxygens (including phenoxy) is 2. The number of nitrogens with one attached hydrogen (secondary N) is 2. The van der Waals surface area contributed by atoms with Crippen molar-refractivity contribution in [2.75, 3.05) is 59.3 Å². The molecule has 2 N–H and O–H groups in total. The Kier molecular flexibility index (Phi) is 14.0. The average Bonchev–Trinajstić information content (AvgIpc) is 3.48. The van der Waals surface area contributed by atoms with E-state index in [9.17, 15) is 9.59 Å². The lowest BCUT2D eigenvalue weighted by atomic mass is 10.2. The molecule has 2 heterocycles. The fourth-order valence-corrected chi connectivity index (χ4v) is 7.18. The summed E-state index contributed by atoms with van der Waals surface area (Å²) in [6.45, 7) is 10.1. The molecule has 1 aliphatic rings. The van der Waals surface area contributed by atoms with Crippen molar-refractivity contribution in [3.05, 3.63) is 54.3 Å². The van der Waals surface area contributed by atoms with Gasteiger partial charge < -0.3 is 29.9 Å². The molecular weight excluding hydrogens is 703 g/mol. The minimum atomic E-state index is -0.536. The minimum Gasteiger partial charge on any atom is -0.494 e. The Morgan fingerprint density at radius 3 is 2.38 bits per heavy atom. The Hall–Kier alpha value is -3.34. The first-order valence-corrected chi connectivity index (χ1v) is 16.3. The van der Waals surface area contributed by atoms with E-state index in [4.69, 9.17) is 39.1 Å². The number of halogens is 3. The molecule has 45 heavy (non-hydrogen) atoms. The Bertz CT molecular complexity index is 1530. The van der Waals surface area contributed by atoms with Crippen LogP contribution in [-0.4, -0.2) is 88.2 Å². The summed E-state index contributed by atoms with van der Waals surface area (Å²) in [7, 11) is 4.46. The van der Waals surface area contributed by atoms with E-state index in [1.807, 2.05) is 11.0 Å². The maximum atomic E-state index is 13.5. The highest BCUT2D eigenvalue weighted by Gasteiger charge is 2.27. The normalized spacial score (nSPS) is 14.3. The van der Waals surface area contributed by atoms with Crippen LogP contribution in [0.5, 0.6) is 11.5 Å². The Balaban J connectivity index is 1.75. The summed E-state index contributed by atoms with van der Waals surface area (Å²) in [5.74, 6) is 3.01. The topological polar surface area (TPSA) is 108 Å². The van der Waals surface area contributed by atoms with Crippen molar-refractivity contribution in [1.82, 2.24) is 15.1 Å². The summed E-state index contributed by atoms with van der Waals surface area (Å²) in [5, 5.41) is 7.75. The number of rotatable bonds is 12. The summed E-state index contributed by atoms with van der Waals surface area (Å²) < 4.78 is 11.1. The molecule has 1 aliphatic heterocycles. The first kappa shape index (κ1) is 36.1. The van der Waals surface area contributed by atoms with Gasteiger partial charge in [0.05, 0.1) is 36.0 Å². The number of amides is 2. The van der Waals surface area contributed by atoms with Crippen LogP contribution in [0.1, 0.15) is 35.0 Å². The molecule has 240 valence electrons. The number of methoxy groups -OCH3 is 2. The van der Waals surface area contributed by atoms with Crippen LogP contribution in [0, 0.1) is 12.3 Å². The molecule has 0 spiro atoms. The maximum Gasteiger partial charge on any atom is 0.258 e. The van der Waals surface area contributed by atoms with Gasteiger partial charge in [-0.1, -0.05) is 42.1 Å². The number of amidine groups is 1. The van der Waals surface area contributed by atoms with E-state index in [1.54, 1.807) is 24.6 Å². The van der Waals surface area contributed by atoms with Crippen molar-refractivity contribution >= 4 is 86.2 Å². The third kappa shape index (κ3) is 8.68. The number of benzene rings is 1. The number of hydrogen-bond acceptors (Lipinski definition) is 8. The molecule has 0 radical (unpaired) electrons. The molecule has 1 fully saturated rings. The molecule has 1 aromatic carbocycles. The number of allylic oxidation sites excluding steroid dienone is 3. The predicted octanol–water partition coefficient (Wildman–Crippen LogP) is 6.40. The van der Waals surface area contributed by atoms with Crippen LogP contribution >= 0.6 is 50.5 Å². The van der Waals surface area contributed by atoms with Crippen LogP contribution < -0.4 is 20.1 Å². The van der Waals surface area contributed by atoms with E-state index >= 15 is 0 Å². The Morgan fingerprint density at radius 2 is 1.84 bits per heavy atom. The second-order valence-electron chi connectivity index (χ2n) is 9.54. The van der Waals surface area contributed by atoms with Gasteiger partial charge in [0.15, 0.2) is 11.5 Å². The second-order valence-corrected chi connectivity index (χ2v) is 12.0. The number of piperazine rings is 1. The highest BCUT2D eigenvalue weighted by atomic mass is 79.9. The Morgan fingerprint density at radius 1 is 1.20 bits per heavy atom. The van der Waals surface area contributed by atoms with Gasteiger partial charge in [-0.15, -0.1) is 17.8 Å². The fourth-order valence-electron chi connectivity index (χ4n) is 4.56. The molecule has 1 saturated heterocycles. The average molecular weight is 739 g/mol. The summed E-state index contributed by atoms with van der Waals surface area (Å²) in [5.41, 5.74) is 1.20. The monoisotopic (exact) mass is 736 g/mol. The van der Waals surface area contributed by atoms with Gasteiger partial charge in [0.1, 0.15) is 20.4 Å². The van der Waals surface area contributed by atoms with E-state index in [1.165, 1.54) is 25.6 Å². The van der Waals surface area contributed by atoms with E-state index in [2.05, 4.69) is 61.0 Å². The highest BCUT2D eigenvalue weighted by Crippen LogP contribution is 2.50. The van der Waals surface area contributed by atoms with Crippen LogP contribution in [0.3, 0.4) is 0 Å². The van der Waals surface area contributed by atoms with E-state index in [0.29, 0.717) is 39.4 Å². The van der Waals surface area contributed by atoms with Gasteiger partial charge in [-0.05, 0) is 41.7 Å². The summed E-state index contributed by atoms with van der Waals surface area (Å²) in [6, 6.07) is 0. The maximum absolute atomic E-state index is 13.5. The summed E-state index contributed by atoms with van der Waals surface area (Å²) >= 11 is 17.6. The summed E-state index contributed by atoms with van der Waals surface area (Å²) in [6.07, 6.45) is 11.8. The zero-order valence-electron chi connectivity index (χ0n) is 25.5. The number of nitrogens with zero attached hydrogens (tertiary/aromatic N) is 4. The number of likely N-dealkylation sites (N-methyl/N-ethyl adjacent to an activating group) is 1. The molecule has 0 unspecified atom stereocenters. The quantitative estimate of drug-likeness (QED) is 0.113. The van der Waals surface area contributed by atoms with E-state index in [0.717, 1.165) is 32.7 Å². The molecule has 0 atom stereocenters. The van der Waals surface area contributed by atoms with Crippen molar-refractivity contribution in [3.63, 3.8) is 0 Å². The highest BCUT2D eigenvalue weighted by molar-refractivity contribution is 9.10. The van der Waals surface area contributed by atoms with E-state index in [-0.39, 0.29) is 38.7 Å². The van der Waals surface area contributed by atoms with Crippen LogP contribution in [0.2, 0.25) is 10.0 Å². The first-order chi connectivity index (χ1) is 21.6. The molecule has 10 nitrogen and oxygen atoms in total. The standard InChI is InChI=1S/C31H35BrCl2N6O4S/c1-7-11-19(12-9-10-13-21(41)40-16-14-39(8-2)15-17-40)37-30(36-4)29-25(35-3)20(18-45-29)31(42)38-26-23(33)27(43-5)22(32)28(44-6)24(26)34/h1,9,11-12,18H,3,8,10,13-17H2,2,4-6H3,(H,36,37)(H,38,42)/b12-9-,19-11+. The van der Waals surface area contributed by atoms with Crippen LogP contribution in [-0.2, 0) is 4.79 Å². The van der Waals surface area contributed by atoms with E-state index < -0.39 is 5.91 Å². The molecule has 0 aliphatic carbocycles. The fraction of sp³-hybridized carbons (Fsp3) is 0.355. The third-order valence-electron chi connectivity index (χ3n) is 6.99. The smallest absolute Gasteiger partial charge is 0.258 e. The van der Waals surface area contributed by atoms with Gasteiger partial charge >= 0.3 is 0 Å².